The van der Waals surface area contributed by atoms with E-state index in [0.29, 0.717) is 39.5 Å². The van der Waals surface area contributed by atoms with Crippen LogP contribution in [0, 0.1) is 0 Å². The molecule has 17 heavy (non-hydrogen) atoms. The van der Waals surface area contributed by atoms with Gasteiger partial charge in [-0.25, -0.2) is 4.68 Å². The van der Waals surface area contributed by atoms with Crippen molar-refractivity contribution in [1.82, 2.24) is 20.3 Å². The van der Waals surface area contributed by atoms with E-state index in [-0.39, 0.29) is 0 Å². The smallest absolute Gasteiger partial charge is 0.108 e. The van der Waals surface area contributed by atoms with Gasteiger partial charge in [0.15, 0.2) is 0 Å². The monoisotopic (exact) mass is 243 g/mol. The van der Waals surface area contributed by atoms with Gasteiger partial charge in [-0.1, -0.05) is 5.21 Å². The highest BCUT2D eigenvalue weighted by molar-refractivity contribution is 4.89. The second-order valence-electron chi connectivity index (χ2n) is 3.53. The van der Waals surface area contributed by atoms with E-state index in [9.17, 15) is 0 Å². The number of ether oxygens (including phenoxy) is 2. The highest BCUT2D eigenvalue weighted by Gasteiger charge is 2.00. The van der Waals surface area contributed by atoms with Crippen LogP contribution in [-0.2, 0) is 22.6 Å². The number of hydrogen-bond acceptors (Lipinski definition) is 6. The molecule has 98 valence electrons. The van der Waals surface area contributed by atoms with Crippen molar-refractivity contribution in [1.29, 1.82) is 0 Å². The molecular weight excluding hydrogens is 222 g/mol. The van der Waals surface area contributed by atoms with Crippen LogP contribution in [0.5, 0.6) is 0 Å². The molecular formula is C10H21N5O2. The lowest BCUT2D eigenvalue weighted by Crippen LogP contribution is -2.16. The van der Waals surface area contributed by atoms with Crippen LogP contribution >= 0.6 is 0 Å². The van der Waals surface area contributed by atoms with Gasteiger partial charge in [0, 0.05) is 13.1 Å². The van der Waals surface area contributed by atoms with Gasteiger partial charge in [0.25, 0.3) is 0 Å². The fourth-order valence-corrected chi connectivity index (χ4v) is 1.21. The zero-order valence-electron chi connectivity index (χ0n) is 10.3. The summed E-state index contributed by atoms with van der Waals surface area (Å²) in [5.74, 6) is 0. The molecule has 0 saturated carbocycles. The van der Waals surface area contributed by atoms with E-state index in [1.165, 1.54) is 0 Å². The summed E-state index contributed by atoms with van der Waals surface area (Å²) in [5.41, 5.74) is 6.13. The molecule has 0 aromatic carbocycles. The first-order valence-corrected chi connectivity index (χ1v) is 5.76. The van der Waals surface area contributed by atoms with Gasteiger partial charge in [-0.05, 0) is 7.05 Å². The second-order valence-corrected chi connectivity index (χ2v) is 3.53. The van der Waals surface area contributed by atoms with Gasteiger partial charge in [-0.3, -0.25) is 0 Å². The van der Waals surface area contributed by atoms with Crippen LogP contribution in [-0.4, -0.2) is 55.0 Å². The van der Waals surface area contributed by atoms with Gasteiger partial charge in [-0.15, -0.1) is 5.10 Å². The number of nitrogens with zero attached hydrogens (tertiary/aromatic N) is 3. The topological polar surface area (TPSA) is 87.2 Å². The molecule has 0 bridgehead atoms. The second kappa shape index (κ2) is 9.06. The van der Waals surface area contributed by atoms with Gasteiger partial charge in [-0.2, -0.15) is 0 Å². The molecule has 3 N–H and O–H groups in total. The predicted molar refractivity (Wildman–Crippen MR) is 63.5 cm³/mol. The summed E-state index contributed by atoms with van der Waals surface area (Å²) >= 11 is 0. The SMILES string of the molecule is CNCCOCCn1cc(COCCN)nn1. The number of nitrogens with one attached hydrogen (secondary N) is 1. The van der Waals surface area contributed by atoms with Crippen molar-refractivity contribution in [3.05, 3.63) is 11.9 Å². The number of aromatic nitrogens is 3. The van der Waals surface area contributed by atoms with E-state index >= 15 is 0 Å². The largest absolute Gasteiger partial charge is 0.378 e. The zero-order chi connectivity index (χ0) is 12.3. The molecule has 1 rings (SSSR count). The predicted octanol–water partition coefficient (Wildman–Crippen LogP) is -1.01. The third-order valence-corrected chi connectivity index (χ3v) is 2.06. The lowest BCUT2D eigenvalue weighted by atomic mass is 10.5. The molecule has 7 heteroatoms. The molecule has 0 atom stereocenters. The van der Waals surface area contributed by atoms with Crippen LogP contribution < -0.4 is 11.1 Å². The van der Waals surface area contributed by atoms with Gasteiger partial charge in [0.1, 0.15) is 5.69 Å². The fourth-order valence-electron chi connectivity index (χ4n) is 1.21. The normalized spacial score (nSPS) is 10.9. The Morgan fingerprint density at radius 3 is 3.00 bits per heavy atom. The summed E-state index contributed by atoms with van der Waals surface area (Å²) in [6, 6.07) is 0. The minimum absolute atomic E-state index is 0.456. The molecule has 0 aliphatic carbocycles. The van der Waals surface area contributed by atoms with E-state index < -0.39 is 0 Å². The van der Waals surface area contributed by atoms with E-state index in [4.69, 9.17) is 15.2 Å². The highest BCUT2D eigenvalue weighted by atomic mass is 16.5. The maximum absolute atomic E-state index is 5.39. The van der Waals surface area contributed by atoms with Crippen molar-refractivity contribution in [2.45, 2.75) is 13.2 Å². The average Bonchev–Trinajstić information content (AvgIpc) is 2.77. The van der Waals surface area contributed by atoms with Gasteiger partial charge >= 0.3 is 0 Å². The molecule has 0 fully saturated rings. The van der Waals surface area contributed by atoms with Crippen molar-refractivity contribution in [2.75, 3.05) is 40.0 Å². The van der Waals surface area contributed by atoms with Gasteiger partial charge < -0.3 is 20.5 Å². The minimum atomic E-state index is 0.456. The quantitative estimate of drug-likeness (QED) is 0.512. The van der Waals surface area contributed by atoms with Crippen molar-refractivity contribution in [3.63, 3.8) is 0 Å². The summed E-state index contributed by atoms with van der Waals surface area (Å²) in [5, 5.41) is 11.0. The van der Waals surface area contributed by atoms with Crippen LogP contribution in [0.25, 0.3) is 0 Å². The van der Waals surface area contributed by atoms with Gasteiger partial charge in [0.2, 0.25) is 0 Å². The Balaban J connectivity index is 2.12. The van der Waals surface area contributed by atoms with E-state index in [0.717, 1.165) is 12.2 Å². The Morgan fingerprint density at radius 1 is 1.35 bits per heavy atom. The summed E-state index contributed by atoms with van der Waals surface area (Å²) in [4.78, 5) is 0. The zero-order valence-corrected chi connectivity index (χ0v) is 10.3. The van der Waals surface area contributed by atoms with Crippen LogP contribution in [0.2, 0.25) is 0 Å². The first-order chi connectivity index (χ1) is 8.36. The Labute approximate surface area is 101 Å². The molecule has 0 unspecified atom stereocenters. The summed E-state index contributed by atoms with van der Waals surface area (Å²) in [6.07, 6.45) is 1.86. The molecule has 0 aliphatic rings. The van der Waals surface area contributed by atoms with Crippen LogP contribution in [0.3, 0.4) is 0 Å². The summed E-state index contributed by atoms with van der Waals surface area (Å²) < 4.78 is 12.4. The van der Waals surface area contributed by atoms with Gasteiger partial charge in [0.05, 0.1) is 39.2 Å². The minimum Gasteiger partial charge on any atom is -0.378 e. The Morgan fingerprint density at radius 2 is 2.24 bits per heavy atom. The number of rotatable bonds is 10. The molecule has 0 spiro atoms. The Bertz CT molecular complexity index is 292. The molecule has 0 amide bonds. The third-order valence-electron chi connectivity index (χ3n) is 2.06. The molecule has 7 nitrogen and oxygen atoms in total. The van der Waals surface area contributed by atoms with Crippen LogP contribution in [0.1, 0.15) is 5.69 Å². The van der Waals surface area contributed by atoms with E-state index in [1.807, 2.05) is 13.2 Å². The van der Waals surface area contributed by atoms with Crippen LogP contribution in [0.4, 0.5) is 0 Å². The van der Waals surface area contributed by atoms with Crippen molar-refractivity contribution >= 4 is 0 Å². The number of likely N-dealkylation sites (N-methyl/N-ethyl adjacent to an activating group) is 1. The van der Waals surface area contributed by atoms with Crippen molar-refractivity contribution < 1.29 is 9.47 Å². The molecule has 1 aromatic rings. The molecule has 0 radical (unpaired) electrons. The Kier molecular flexibility index (Phi) is 7.48. The van der Waals surface area contributed by atoms with Crippen molar-refractivity contribution in [2.24, 2.45) is 5.73 Å². The maximum atomic E-state index is 5.39. The Hall–Kier alpha value is -1.02. The third kappa shape index (κ3) is 6.32. The number of nitrogens with two attached hydrogens (primary N) is 1. The van der Waals surface area contributed by atoms with Crippen molar-refractivity contribution in [3.8, 4) is 0 Å². The van der Waals surface area contributed by atoms with E-state index in [1.54, 1.807) is 4.68 Å². The molecule has 0 aliphatic heterocycles. The molecule has 1 heterocycles. The summed E-state index contributed by atoms with van der Waals surface area (Å²) in [6.45, 7) is 4.42. The molecule has 1 aromatic heterocycles. The molecule has 0 saturated heterocycles. The van der Waals surface area contributed by atoms with Crippen LogP contribution in [0.15, 0.2) is 6.20 Å². The maximum Gasteiger partial charge on any atom is 0.108 e. The summed E-state index contributed by atoms with van der Waals surface area (Å²) in [7, 11) is 1.90. The van der Waals surface area contributed by atoms with E-state index in [2.05, 4.69) is 15.6 Å². The standard InChI is InChI=1S/C10H21N5O2/c1-12-3-6-16-7-4-15-8-10(13-14-15)9-17-5-2-11/h8,12H,2-7,9,11H2,1H3. The fraction of sp³-hybridized carbons (Fsp3) is 0.800. The number of hydrogen-bond donors (Lipinski definition) is 2. The first kappa shape index (κ1) is 14.0. The average molecular weight is 243 g/mol. The highest BCUT2D eigenvalue weighted by Crippen LogP contribution is 1.95. The first-order valence-electron chi connectivity index (χ1n) is 5.76. The lowest BCUT2D eigenvalue weighted by Gasteiger charge is -2.02. The lowest BCUT2D eigenvalue weighted by molar-refractivity contribution is 0.124.